The summed E-state index contributed by atoms with van der Waals surface area (Å²) in [5.41, 5.74) is 1.76. The third kappa shape index (κ3) is 2.57. The molecule has 5 nitrogen and oxygen atoms in total. The minimum absolute atomic E-state index is 0.140. The number of amides is 2. The van der Waals surface area contributed by atoms with Crippen LogP contribution in [0.2, 0.25) is 0 Å². The zero-order valence-electron chi connectivity index (χ0n) is 12.3. The fourth-order valence-electron chi connectivity index (χ4n) is 2.21. The second-order valence-corrected chi connectivity index (χ2v) is 4.60. The molecule has 1 heterocycles. The lowest BCUT2D eigenvalue weighted by Gasteiger charge is -2.33. The summed E-state index contributed by atoms with van der Waals surface area (Å²) >= 11 is 0. The predicted molar refractivity (Wildman–Crippen MR) is 76.4 cm³/mol. The zero-order valence-corrected chi connectivity index (χ0v) is 12.3. The number of carbonyl (C=O) groups is 1. The zero-order chi connectivity index (χ0) is 14.7. The Bertz CT molecular complexity index is 540. The molecule has 0 radical (unpaired) electrons. The quantitative estimate of drug-likeness (QED) is 0.919. The van der Waals surface area contributed by atoms with Crippen molar-refractivity contribution in [3.8, 4) is 5.75 Å². The highest BCUT2D eigenvalue weighted by molar-refractivity contribution is 5.78. The van der Waals surface area contributed by atoms with Crippen LogP contribution in [-0.4, -0.2) is 31.7 Å². The highest BCUT2D eigenvalue weighted by Gasteiger charge is 2.31. The molecule has 0 saturated carbocycles. The van der Waals surface area contributed by atoms with E-state index in [1.54, 1.807) is 19.1 Å². The molecule has 1 aliphatic heterocycles. The number of allylic oxidation sites excluding steroid dienone is 1. The van der Waals surface area contributed by atoms with Crippen LogP contribution in [0.5, 0.6) is 5.75 Å². The van der Waals surface area contributed by atoms with E-state index in [0.29, 0.717) is 6.61 Å². The van der Waals surface area contributed by atoms with Crippen molar-refractivity contribution >= 4 is 6.03 Å². The van der Waals surface area contributed by atoms with Crippen LogP contribution in [0, 0.1) is 0 Å². The minimum Gasteiger partial charge on any atom is -0.497 e. The first-order chi connectivity index (χ1) is 9.58. The van der Waals surface area contributed by atoms with Gasteiger partial charge in [0.2, 0.25) is 0 Å². The van der Waals surface area contributed by atoms with Gasteiger partial charge in [0.15, 0.2) is 0 Å². The first-order valence-electron chi connectivity index (χ1n) is 6.60. The van der Waals surface area contributed by atoms with Crippen molar-refractivity contribution in [2.75, 3.05) is 20.8 Å². The van der Waals surface area contributed by atoms with Gasteiger partial charge in [-0.05, 0) is 31.5 Å². The summed E-state index contributed by atoms with van der Waals surface area (Å²) in [4.78, 5) is 13.5. The van der Waals surface area contributed by atoms with Crippen molar-refractivity contribution in [2.24, 2.45) is 0 Å². The summed E-state index contributed by atoms with van der Waals surface area (Å²) in [5, 5.41) is 2.95. The highest BCUT2D eigenvalue weighted by atomic mass is 16.5. The van der Waals surface area contributed by atoms with E-state index in [2.05, 4.69) is 5.32 Å². The Morgan fingerprint density at radius 3 is 2.80 bits per heavy atom. The Balaban J connectivity index is 2.44. The molecule has 1 aromatic carbocycles. The van der Waals surface area contributed by atoms with Gasteiger partial charge in [0.1, 0.15) is 17.6 Å². The lowest BCUT2D eigenvalue weighted by molar-refractivity contribution is 0.160. The molecule has 2 amide bonds. The number of methoxy groups -OCH3 is 1. The van der Waals surface area contributed by atoms with E-state index in [1.165, 1.54) is 0 Å². The van der Waals surface area contributed by atoms with Gasteiger partial charge in [0, 0.05) is 7.05 Å². The number of hydrogen-bond donors (Lipinski definition) is 1. The van der Waals surface area contributed by atoms with Crippen LogP contribution in [0.25, 0.3) is 0 Å². The van der Waals surface area contributed by atoms with Crippen LogP contribution in [0.3, 0.4) is 0 Å². The molecule has 108 valence electrons. The second-order valence-electron chi connectivity index (χ2n) is 4.60. The first kappa shape index (κ1) is 14.2. The van der Waals surface area contributed by atoms with Crippen LogP contribution in [0.15, 0.2) is 35.7 Å². The number of urea groups is 1. The predicted octanol–water partition coefficient (Wildman–Crippen LogP) is 2.66. The van der Waals surface area contributed by atoms with Crippen LogP contribution < -0.4 is 10.1 Å². The molecule has 1 aromatic rings. The number of rotatable bonds is 4. The number of carbonyl (C=O) groups excluding carboxylic acids is 1. The second kappa shape index (κ2) is 5.86. The third-order valence-corrected chi connectivity index (χ3v) is 3.42. The summed E-state index contributed by atoms with van der Waals surface area (Å²) in [7, 11) is 3.35. The van der Waals surface area contributed by atoms with Crippen LogP contribution in [-0.2, 0) is 4.74 Å². The number of ether oxygens (including phenoxy) is 2. The Hall–Kier alpha value is -2.17. The Morgan fingerprint density at radius 1 is 1.40 bits per heavy atom. The van der Waals surface area contributed by atoms with E-state index in [-0.39, 0.29) is 12.1 Å². The van der Waals surface area contributed by atoms with Gasteiger partial charge in [0.05, 0.1) is 19.4 Å². The summed E-state index contributed by atoms with van der Waals surface area (Å²) < 4.78 is 11.0. The van der Waals surface area contributed by atoms with Crippen molar-refractivity contribution in [2.45, 2.75) is 19.9 Å². The molecule has 2 rings (SSSR count). The molecule has 0 aromatic heterocycles. The highest BCUT2D eigenvalue weighted by Crippen LogP contribution is 2.31. The maximum Gasteiger partial charge on any atom is 0.322 e. The Labute approximate surface area is 119 Å². The first-order valence-corrected chi connectivity index (χ1v) is 6.60. The summed E-state index contributed by atoms with van der Waals surface area (Å²) in [6.45, 7) is 4.37. The van der Waals surface area contributed by atoms with Gasteiger partial charge in [-0.3, -0.25) is 4.90 Å². The molecule has 0 bridgehead atoms. The van der Waals surface area contributed by atoms with E-state index >= 15 is 0 Å². The van der Waals surface area contributed by atoms with Gasteiger partial charge < -0.3 is 14.8 Å². The maximum absolute atomic E-state index is 12.0. The van der Waals surface area contributed by atoms with Crippen molar-refractivity contribution in [3.63, 3.8) is 0 Å². The smallest absolute Gasteiger partial charge is 0.322 e. The number of nitrogens with one attached hydrogen (secondary N) is 1. The minimum atomic E-state index is -0.284. The molecule has 0 spiro atoms. The lowest BCUT2D eigenvalue weighted by atomic mass is 10.0. The largest absolute Gasteiger partial charge is 0.497 e. The van der Waals surface area contributed by atoms with Crippen LogP contribution in [0.4, 0.5) is 4.79 Å². The summed E-state index contributed by atoms with van der Waals surface area (Å²) in [6.07, 6.45) is 0. The van der Waals surface area contributed by atoms with Crippen molar-refractivity contribution in [3.05, 3.63) is 41.3 Å². The number of nitrogens with zero attached hydrogens (tertiary/aromatic N) is 1. The van der Waals surface area contributed by atoms with Gasteiger partial charge in [0.25, 0.3) is 0 Å². The van der Waals surface area contributed by atoms with E-state index in [0.717, 1.165) is 22.8 Å². The summed E-state index contributed by atoms with van der Waals surface area (Å²) in [6, 6.07) is 7.20. The fourth-order valence-corrected chi connectivity index (χ4v) is 2.21. The maximum atomic E-state index is 12.0. The van der Waals surface area contributed by atoms with E-state index < -0.39 is 0 Å². The number of benzene rings is 1. The standard InChI is InChI=1S/C15H20N2O3/c1-5-20-14-10(2)17(3)15(18)16-13(14)11-7-6-8-12(9-11)19-4/h6-9,13H,5H2,1-4H3,(H,16,18)/t13-/m1/s1. The molecular formula is C15H20N2O3. The van der Waals surface area contributed by atoms with Gasteiger partial charge >= 0.3 is 6.03 Å². The van der Waals surface area contributed by atoms with Crippen molar-refractivity contribution in [1.82, 2.24) is 10.2 Å². The molecule has 0 saturated heterocycles. The van der Waals surface area contributed by atoms with E-state index in [9.17, 15) is 4.79 Å². The summed E-state index contributed by atoms with van der Waals surface area (Å²) in [5.74, 6) is 1.52. The normalized spacial score (nSPS) is 18.9. The van der Waals surface area contributed by atoms with Crippen LogP contribution in [0.1, 0.15) is 25.5 Å². The Kier molecular flexibility index (Phi) is 4.17. The average Bonchev–Trinajstić information content (AvgIpc) is 2.47. The lowest BCUT2D eigenvalue weighted by Crippen LogP contribution is -2.45. The molecule has 5 heteroatoms. The van der Waals surface area contributed by atoms with Gasteiger partial charge in [-0.25, -0.2) is 4.79 Å². The van der Waals surface area contributed by atoms with E-state index in [1.807, 2.05) is 38.1 Å². The van der Waals surface area contributed by atoms with Gasteiger partial charge in [-0.2, -0.15) is 0 Å². The molecule has 1 aliphatic rings. The average molecular weight is 276 g/mol. The molecular weight excluding hydrogens is 256 g/mol. The molecule has 1 N–H and O–H groups in total. The SMILES string of the molecule is CCOC1=C(C)N(C)C(=O)N[C@@H]1c1cccc(OC)c1. The topological polar surface area (TPSA) is 50.8 Å². The monoisotopic (exact) mass is 276 g/mol. The molecule has 0 aliphatic carbocycles. The van der Waals surface area contributed by atoms with Gasteiger partial charge in [-0.1, -0.05) is 12.1 Å². The van der Waals surface area contributed by atoms with Crippen LogP contribution >= 0.6 is 0 Å². The van der Waals surface area contributed by atoms with Crippen molar-refractivity contribution in [1.29, 1.82) is 0 Å². The molecule has 0 fully saturated rings. The Morgan fingerprint density at radius 2 is 2.15 bits per heavy atom. The number of hydrogen-bond acceptors (Lipinski definition) is 3. The molecule has 0 unspecified atom stereocenters. The molecule has 20 heavy (non-hydrogen) atoms. The third-order valence-electron chi connectivity index (χ3n) is 3.42. The van der Waals surface area contributed by atoms with Crippen molar-refractivity contribution < 1.29 is 14.3 Å². The molecule has 1 atom stereocenters. The van der Waals surface area contributed by atoms with Gasteiger partial charge in [-0.15, -0.1) is 0 Å². The van der Waals surface area contributed by atoms with E-state index in [4.69, 9.17) is 9.47 Å². The fraction of sp³-hybridized carbons (Fsp3) is 0.400.